The van der Waals surface area contributed by atoms with E-state index in [-0.39, 0.29) is 11.4 Å². The van der Waals surface area contributed by atoms with Crippen molar-refractivity contribution in [1.29, 1.82) is 0 Å². The van der Waals surface area contributed by atoms with Gasteiger partial charge in [-0.15, -0.1) is 0 Å². The smallest absolute Gasteiger partial charge is 0.308 e. The topological polar surface area (TPSA) is 26.3 Å². The Bertz CT molecular complexity index is 411. The molecule has 85 valence electrons. The van der Waals surface area contributed by atoms with Gasteiger partial charge in [0.05, 0.1) is 0 Å². The zero-order valence-corrected chi connectivity index (χ0v) is 10.3. The third-order valence-electron chi connectivity index (χ3n) is 2.24. The molecule has 16 heavy (non-hydrogen) atoms. The number of hydrogen-bond acceptors (Lipinski definition) is 2. The third kappa shape index (κ3) is 3.23. The van der Waals surface area contributed by atoms with Crippen LogP contribution in [0, 0.1) is 6.08 Å². The summed E-state index contributed by atoms with van der Waals surface area (Å²) in [6.45, 7) is 11.3. The Labute approximate surface area is 96.9 Å². The number of ether oxygens (including phenoxy) is 1. The summed E-state index contributed by atoms with van der Waals surface area (Å²) in [6, 6.07) is 5.63. The lowest BCUT2D eigenvalue weighted by Gasteiger charge is -2.20. The second-order valence-electron chi connectivity index (χ2n) is 4.77. The second-order valence-corrected chi connectivity index (χ2v) is 4.77. The van der Waals surface area contributed by atoms with Gasteiger partial charge in [-0.25, -0.2) is 0 Å². The van der Waals surface area contributed by atoms with Crippen LogP contribution in [0.5, 0.6) is 5.75 Å². The van der Waals surface area contributed by atoms with E-state index in [4.69, 9.17) is 4.74 Å². The lowest BCUT2D eigenvalue weighted by molar-refractivity contribution is -0.131. The van der Waals surface area contributed by atoms with Crippen LogP contribution in [-0.2, 0) is 10.2 Å². The maximum atomic E-state index is 10.9. The maximum absolute atomic E-state index is 10.9. The summed E-state index contributed by atoms with van der Waals surface area (Å²) in [7, 11) is 0. The van der Waals surface area contributed by atoms with Gasteiger partial charge in [0.25, 0.3) is 0 Å². The first-order chi connectivity index (χ1) is 7.32. The van der Waals surface area contributed by atoms with Crippen molar-refractivity contribution in [3.05, 3.63) is 42.0 Å². The van der Waals surface area contributed by atoms with E-state index in [0.717, 1.165) is 11.1 Å². The first-order valence-electron chi connectivity index (χ1n) is 5.20. The molecule has 1 aromatic rings. The molecule has 0 bridgehead atoms. The van der Waals surface area contributed by atoms with Crippen molar-refractivity contribution in [1.82, 2.24) is 0 Å². The highest BCUT2D eigenvalue weighted by atomic mass is 16.5. The molecule has 0 aliphatic heterocycles. The van der Waals surface area contributed by atoms with E-state index in [1.807, 2.05) is 12.1 Å². The molecule has 0 spiro atoms. The van der Waals surface area contributed by atoms with Crippen LogP contribution in [0.1, 0.15) is 38.8 Å². The van der Waals surface area contributed by atoms with Crippen LogP contribution >= 0.6 is 0 Å². The summed E-state index contributed by atoms with van der Waals surface area (Å²) in [5, 5.41) is 0. The largest absolute Gasteiger partial charge is 0.427 e. The Balaban J connectivity index is 3.21. The number of carbonyl (C=O) groups excluding carboxylic acids is 1. The van der Waals surface area contributed by atoms with Gasteiger partial charge in [-0.1, -0.05) is 33.4 Å². The molecule has 0 atom stereocenters. The van der Waals surface area contributed by atoms with Crippen LogP contribution in [0.2, 0.25) is 0 Å². The van der Waals surface area contributed by atoms with Crippen molar-refractivity contribution in [2.45, 2.75) is 33.1 Å². The minimum absolute atomic E-state index is 0.00175. The highest BCUT2D eigenvalue weighted by Gasteiger charge is 2.15. The standard InChI is InChI=1S/C14H17O2/c1-6-11-7-12(14(3,4)5)9-13(8-11)16-10(2)15/h7-9H,1H2,2-5H3. The van der Waals surface area contributed by atoms with Gasteiger partial charge in [-0.2, -0.15) is 0 Å². The molecule has 1 rings (SSSR count). The van der Waals surface area contributed by atoms with Crippen LogP contribution in [0.25, 0.3) is 0 Å². The third-order valence-corrected chi connectivity index (χ3v) is 2.24. The van der Waals surface area contributed by atoms with Gasteiger partial charge in [0.15, 0.2) is 0 Å². The number of rotatable bonds is 2. The van der Waals surface area contributed by atoms with E-state index in [1.54, 1.807) is 6.07 Å². The molecule has 0 aliphatic carbocycles. The average molecular weight is 217 g/mol. The molecule has 0 amide bonds. The monoisotopic (exact) mass is 217 g/mol. The molecule has 0 aliphatic rings. The van der Waals surface area contributed by atoms with E-state index in [2.05, 4.69) is 33.4 Å². The molecule has 2 nitrogen and oxygen atoms in total. The lowest BCUT2D eigenvalue weighted by Crippen LogP contribution is -2.12. The quantitative estimate of drug-likeness (QED) is 0.561. The van der Waals surface area contributed by atoms with Crippen LogP contribution in [0.4, 0.5) is 0 Å². The summed E-state index contributed by atoms with van der Waals surface area (Å²) in [4.78, 5) is 10.9. The molecule has 2 heteroatoms. The summed E-state index contributed by atoms with van der Waals surface area (Å²) in [5.41, 5.74) is 1.93. The zero-order valence-electron chi connectivity index (χ0n) is 10.3. The highest BCUT2D eigenvalue weighted by Crippen LogP contribution is 2.27. The van der Waals surface area contributed by atoms with Crippen molar-refractivity contribution >= 4 is 5.97 Å². The fourth-order valence-electron chi connectivity index (χ4n) is 1.36. The Kier molecular flexibility index (Phi) is 3.53. The van der Waals surface area contributed by atoms with Gasteiger partial charge in [0.1, 0.15) is 5.75 Å². The van der Waals surface area contributed by atoms with Gasteiger partial charge in [-0.3, -0.25) is 4.79 Å². The lowest BCUT2D eigenvalue weighted by atomic mass is 9.86. The van der Waals surface area contributed by atoms with Crippen molar-refractivity contribution < 1.29 is 9.53 Å². The van der Waals surface area contributed by atoms with Gasteiger partial charge in [0.2, 0.25) is 0 Å². The zero-order chi connectivity index (χ0) is 12.3. The van der Waals surface area contributed by atoms with E-state index in [0.29, 0.717) is 5.75 Å². The summed E-state index contributed by atoms with van der Waals surface area (Å²) >= 11 is 0. The summed E-state index contributed by atoms with van der Waals surface area (Å²) in [6.07, 6.45) is 2.81. The van der Waals surface area contributed by atoms with Crippen molar-refractivity contribution in [3.63, 3.8) is 0 Å². The average Bonchev–Trinajstić information content (AvgIpc) is 2.14. The molecule has 0 saturated heterocycles. The molecule has 0 heterocycles. The molecule has 1 aromatic carbocycles. The molecule has 0 fully saturated rings. The van der Waals surface area contributed by atoms with Crippen LogP contribution in [0.3, 0.4) is 0 Å². The molecule has 0 N–H and O–H groups in total. The first kappa shape index (κ1) is 12.5. The maximum Gasteiger partial charge on any atom is 0.308 e. The Morgan fingerprint density at radius 1 is 1.31 bits per heavy atom. The van der Waals surface area contributed by atoms with E-state index in [9.17, 15) is 4.79 Å². The number of benzene rings is 1. The Hall–Kier alpha value is -1.57. The molecule has 1 radical (unpaired) electrons. The van der Waals surface area contributed by atoms with Crippen LogP contribution in [-0.4, -0.2) is 5.97 Å². The molecule has 0 unspecified atom stereocenters. The molecular formula is C14H17O2. The normalized spacial score (nSPS) is 11.0. The Morgan fingerprint density at radius 2 is 1.94 bits per heavy atom. The van der Waals surface area contributed by atoms with E-state index >= 15 is 0 Å². The summed E-state index contributed by atoms with van der Waals surface area (Å²) < 4.78 is 5.09. The van der Waals surface area contributed by atoms with Gasteiger partial charge < -0.3 is 4.74 Å². The van der Waals surface area contributed by atoms with Gasteiger partial charge in [0, 0.05) is 6.92 Å². The highest BCUT2D eigenvalue weighted by molar-refractivity contribution is 5.69. The predicted octanol–water partition coefficient (Wildman–Crippen LogP) is 3.25. The fraction of sp³-hybridized carbons (Fsp3) is 0.357. The minimum Gasteiger partial charge on any atom is -0.427 e. The molecule has 0 saturated carbocycles. The van der Waals surface area contributed by atoms with E-state index in [1.165, 1.54) is 6.92 Å². The first-order valence-corrected chi connectivity index (χ1v) is 5.20. The van der Waals surface area contributed by atoms with E-state index < -0.39 is 0 Å². The van der Waals surface area contributed by atoms with Crippen LogP contribution < -0.4 is 4.74 Å². The van der Waals surface area contributed by atoms with Crippen molar-refractivity contribution in [3.8, 4) is 5.75 Å². The second kappa shape index (κ2) is 4.52. The van der Waals surface area contributed by atoms with Gasteiger partial charge in [-0.05, 0) is 34.8 Å². The Morgan fingerprint density at radius 3 is 2.38 bits per heavy atom. The number of carbonyl (C=O) groups is 1. The summed E-state index contributed by atoms with van der Waals surface area (Å²) in [5.74, 6) is 0.229. The number of esters is 1. The molecule has 0 aromatic heterocycles. The fourth-order valence-corrected chi connectivity index (χ4v) is 1.36. The van der Waals surface area contributed by atoms with Crippen LogP contribution in [0.15, 0.2) is 24.8 Å². The number of hydrogen-bond donors (Lipinski definition) is 0. The van der Waals surface area contributed by atoms with Gasteiger partial charge >= 0.3 is 5.97 Å². The molecular weight excluding hydrogens is 200 g/mol. The van der Waals surface area contributed by atoms with Crippen molar-refractivity contribution in [2.24, 2.45) is 0 Å². The van der Waals surface area contributed by atoms with Crippen molar-refractivity contribution in [2.75, 3.05) is 0 Å². The predicted molar refractivity (Wildman–Crippen MR) is 64.4 cm³/mol. The SMILES string of the molecule is C=[C]c1cc(OC(C)=O)cc(C(C)(C)C)c1. The minimum atomic E-state index is -0.318.